The van der Waals surface area contributed by atoms with Crippen molar-refractivity contribution in [2.24, 2.45) is 5.92 Å². The molecule has 0 saturated heterocycles. The van der Waals surface area contributed by atoms with Gasteiger partial charge in [-0.2, -0.15) is 0 Å². The lowest BCUT2D eigenvalue weighted by Gasteiger charge is -2.05. The first-order valence-corrected chi connectivity index (χ1v) is 8.68. The van der Waals surface area contributed by atoms with Gasteiger partial charge in [0.05, 0.1) is 12.1 Å². The zero-order valence-corrected chi connectivity index (χ0v) is 14.8. The summed E-state index contributed by atoms with van der Waals surface area (Å²) < 4.78 is 26.2. The molecule has 2 aromatic rings. The fourth-order valence-electron chi connectivity index (χ4n) is 2.02. The lowest BCUT2D eigenvalue weighted by Crippen LogP contribution is -2.27. The van der Waals surface area contributed by atoms with Crippen LogP contribution in [0.2, 0.25) is 0 Å². The van der Waals surface area contributed by atoms with Crippen LogP contribution in [0.5, 0.6) is 0 Å². The molecule has 134 valence electrons. The highest BCUT2D eigenvalue weighted by atomic mass is 32.1. The Morgan fingerprint density at radius 2 is 1.88 bits per heavy atom. The normalized spacial score (nSPS) is 10.8. The summed E-state index contributed by atoms with van der Waals surface area (Å²) in [6.07, 6.45) is 0.402. The Morgan fingerprint density at radius 3 is 2.52 bits per heavy atom. The average molecular weight is 367 g/mol. The molecule has 0 spiro atoms. The third kappa shape index (κ3) is 6.22. The number of anilines is 1. The van der Waals surface area contributed by atoms with Crippen LogP contribution < -0.4 is 10.6 Å². The Bertz CT molecular complexity index is 742. The number of carbonyl (C=O) groups excluding carboxylic acids is 2. The Kier molecular flexibility index (Phi) is 6.58. The monoisotopic (exact) mass is 367 g/mol. The molecule has 0 atom stereocenters. The maximum Gasteiger partial charge on any atom is 0.228 e. The molecule has 0 fully saturated rings. The van der Waals surface area contributed by atoms with Crippen LogP contribution in [0.25, 0.3) is 0 Å². The van der Waals surface area contributed by atoms with E-state index in [0.29, 0.717) is 22.8 Å². The summed E-state index contributed by atoms with van der Waals surface area (Å²) in [7, 11) is 0. The molecule has 5 nitrogen and oxygen atoms in total. The van der Waals surface area contributed by atoms with Crippen molar-refractivity contribution in [3.8, 4) is 0 Å². The van der Waals surface area contributed by atoms with Gasteiger partial charge in [-0.1, -0.05) is 13.8 Å². The molecule has 25 heavy (non-hydrogen) atoms. The molecule has 1 aromatic heterocycles. The van der Waals surface area contributed by atoms with E-state index >= 15 is 0 Å². The summed E-state index contributed by atoms with van der Waals surface area (Å²) in [5.41, 5.74) is 1.03. The van der Waals surface area contributed by atoms with E-state index in [0.717, 1.165) is 6.07 Å². The summed E-state index contributed by atoms with van der Waals surface area (Å²) in [4.78, 5) is 27.7. The quantitative estimate of drug-likeness (QED) is 0.790. The predicted octanol–water partition coefficient (Wildman–Crippen LogP) is 2.92. The lowest BCUT2D eigenvalue weighted by atomic mass is 10.1. The van der Waals surface area contributed by atoms with Crippen LogP contribution in [0.1, 0.15) is 25.1 Å². The molecule has 0 aliphatic carbocycles. The molecule has 1 heterocycles. The van der Waals surface area contributed by atoms with Crippen LogP contribution >= 0.6 is 11.3 Å². The number of nitrogens with zero attached hydrogens (tertiary/aromatic N) is 1. The van der Waals surface area contributed by atoms with Gasteiger partial charge in [0, 0.05) is 23.9 Å². The number of aromatic nitrogens is 1. The molecule has 0 bridgehead atoms. The van der Waals surface area contributed by atoms with E-state index < -0.39 is 11.6 Å². The van der Waals surface area contributed by atoms with E-state index in [9.17, 15) is 18.4 Å². The van der Waals surface area contributed by atoms with Crippen LogP contribution in [0.3, 0.4) is 0 Å². The van der Waals surface area contributed by atoms with Gasteiger partial charge in [0.1, 0.15) is 11.6 Å². The minimum Gasteiger partial charge on any atom is -0.355 e. The van der Waals surface area contributed by atoms with Gasteiger partial charge in [0.25, 0.3) is 0 Å². The second-order valence-corrected chi connectivity index (χ2v) is 6.70. The summed E-state index contributed by atoms with van der Waals surface area (Å²) in [6, 6.07) is 3.28. The molecule has 1 aromatic carbocycles. The highest BCUT2D eigenvalue weighted by molar-refractivity contribution is 7.13. The number of benzene rings is 1. The maximum atomic E-state index is 13.1. The zero-order valence-electron chi connectivity index (χ0n) is 13.9. The second kappa shape index (κ2) is 8.66. The summed E-state index contributed by atoms with van der Waals surface area (Å²) in [5, 5.41) is 7.52. The number of rotatable bonds is 7. The van der Waals surface area contributed by atoms with Crippen LogP contribution in [0.4, 0.5) is 13.9 Å². The van der Waals surface area contributed by atoms with Crippen molar-refractivity contribution in [2.45, 2.75) is 26.7 Å². The van der Waals surface area contributed by atoms with Crippen molar-refractivity contribution in [1.82, 2.24) is 10.3 Å². The SMILES string of the molecule is CC(C)C(=O)Nc1nc(CC(=O)NCCc2cc(F)cc(F)c2)cs1. The third-order valence-corrected chi connectivity index (χ3v) is 4.11. The molecular formula is C17H19F2N3O2S. The number of nitrogens with one attached hydrogen (secondary N) is 2. The average Bonchev–Trinajstić information content (AvgIpc) is 2.93. The first-order valence-electron chi connectivity index (χ1n) is 7.80. The van der Waals surface area contributed by atoms with Gasteiger partial charge in [-0.15, -0.1) is 11.3 Å². The first kappa shape index (κ1) is 19.0. The zero-order chi connectivity index (χ0) is 18.4. The topological polar surface area (TPSA) is 71.1 Å². The number of halogens is 2. The van der Waals surface area contributed by atoms with Gasteiger partial charge >= 0.3 is 0 Å². The summed E-state index contributed by atoms with van der Waals surface area (Å²) in [6.45, 7) is 3.83. The fourth-order valence-corrected chi connectivity index (χ4v) is 2.74. The standard InChI is InChI=1S/C17H19F2N3O2S/c1-10(2)16(24)22-17-21-14(9-25-17)8-15(23)20-4-3-11-5-12(18)7-13(19)6-11/h5-7,9-10H,3-4,8H2,1-2H3,(H,20,23)(H,21,22,24). The van der Waals surface area contributed by atoms with Crippen LogP contribution in [0, 0.1) is 17.6 Å². The van der Waals surface area contributed by atoms with Crippen LogP contribution in [-0.2, 0) is 22.4 Å². The molecule has 0 unspecified atom stereocenters. The smallest absolute Gasteiger partial charge is 0.228 e. The summed E-state index contributed by atoms with van der Waals surface area (Å²) in [5.74, 6) is -1.81. The number of thiazole rings is 1. The Balaban J connectivity index is 1.78. The van der Waals surface area contributed by atoms with Gasteiger partial charge in [-0.05, 0) is 24.1 Å². The number of hydrogen-bond acceptors (Lipinski definition) is 4. The van der Waals surface area contributed by atoms with Crippen molar-refractivity contribution < 1.29 is 18.4 Å². The van der Waals surface area contributed by atoms with Crippen molar-refractivity contribution in [3.05, 3.63) is 46.5 Å². The van der Waals surface area contributed by atoms with E-state index in [1.54, 1.807) is 19.2 Å². The van der Waals surface area contributed by atoms with Crippen LogP contribution in [0.15, 0.2) is 23.6 Å². The molecule has 0 radical (unpaired) electrons. The van der Waals surface area contributed by atoms with Crippen molar-refractivity contribution in [2.75, 3.05) is 11.9 Å². The highest BCUT2D eigenvalue weighted by Gasteiger charge is 2.12. The fraction of sp³-hybridized carbons (Fsp3) is 0.353. The maximum absolute atomic E-state index is 13.1. The molecule has 0 aliphatic rings. The molecular weight excluding hydrogens is 348 g/mol. The largest absolute Gasteiger partial charge is 0.355 e. The summed E-state index contributed by atoms with van der Waals surface area (Å²) >= 11 is 1.25. The second-order valence-electron chi connectivity index (χ2n) is 5.84. The number of hydrogen-bond donors (Lipinski definition) is 2. The van der Waals surface area contributed by atoms with E-state index in [1.165, 1.54) is 23.5 Å². The first-order chi connectivity index (χ1) is 11.8. The molecule has 0 saturated carbocycles. The minimum absolute atomic E-state index is 0.0750. The Labute approximate surface area is 148 Å². The van der Waals surface area contributed by atoms with E-state index in [1.807, 2.05) is 0 Å². The predicted molar refractivity (Wildman–Crippen MR) is 92.4 cm³/mol. The lowest BCUT2D eigenvalue weighted by molar-refractivity contribution is -0.120. The highest BCUT2D eigenvalue weighted by Crippen LogP contribution is 2.16. The van der Waals surface area contributed by atoms with Crippen molar-refractivity contribution in [3.63, 3.8) is 0 Å². The van der Waals surface area contributed by atoms with Gasteiger partial charge in [-0.25, -0.2) is 13.8 Å². The molecule has 2 N–H and O–H groups in total. The van der Waals surface area contributed by atoms with Gasteiger partial charge in [-0.3, -0.25) is 9.59 Å². The van der Waals surface area contributed by atoms with E-state index in [-0.39, 0.29) is 30.7 Å². The molecule has 0 aliphatic heterocycles. The Hall–Kier alpha value is -2.35. The van der Waals surface area contributed by atoms with Crippen molar-refractivity contribution >= 4 is 28.3 Å². The number of amides is 2. The minimum atomic E-state index is -0.639. The van der Waals surface area contributed by atoms with E-state index in [2.05, 4.69) is 15.6 Å². The third-order valence-electron chi connectivity index (χ3n) is 3.31. The van der Waals surface area contributed by atoms with Gasteiger partial charge in [0.15, 0.2) is 5.13 Å². The molecule has 2 amide bonds. The van der Waals surface area contributed by atoms with Crippen molar-refractivity contribution in [1.29, 1.82) is 0 Å². The Morgan fingerprint density at radius 1 is 1.20 bits per heavy atom. The van der Waals surface area contributed by atoms with Crippen LogP contribution in [-0.4, -0.2) is 23.3 Å². The van der Waals surface area contributed by atoms with Gasteiger partial charge < -0.3 is 10.6 Å². The van der Waals surface area contributed by atoms with Gasteiger partial charge in [0.2, 0.25) is 11.8 Å². The number of carbonyl (C=O) groups is 2. The molecule has 8 heteroatoms. The molecule has 2 rings (SSSR count). The van der Waals surface area contributed by atoms with E-state index in [4.69, 9.17) is 0 Å².